The molecule has 106 valence electrons. The third-order valence-corrected chi connectivity index (χ3v) is 4.20. The number of hydrogen-bond donors (Lipinski definition) is 1. The Labute approximate surface area is 116 Å². The molecule has 0 heterocycles. The van der Waals surface area contributed by atoms with E-state index in [1.54, 1.807) is 14.2 Å². The van der Waals surface area contributed by atoms with Crippen LogP contribution in [0.3, 0.4) is 0 Å². The number of rotatable bonds is 3. The summed E-state index contributed by atoms with van der Waals surface area (Å²) in [7, 11) is 3.35. The van der Waals surface area contributed by atoms with Crippen LogP contribution < -0.4 is 15.2 Å². The molecule has 1 aliphatic carbocycles. The zero-order valence-corrected chi connectivity index (χ0v) is 12.5. The van der Waals surface area contributed by atoms with Crippen LogP contribution in [-0.2, 0) is 5.54 Å². The maximum atomic E-state index is 6.69. The van der Waals surface area contributed by atoms with E-state index in [2.05, 4.69) is 13.8 Å². The van der Waals surface area contributed by atoms with Gasteiger partial charge in [0.2, 0.25) is 0 Å². The van der Waals surface area contributed by atoms with Crippen LogP contribution in [0.2, 0.25) is 0 Å². The van der Waals surface area contributed by atoms with Gasteiger partial charge >= 0.3 is 0 Å². The molecule has 3 heteroatoms. The van der Waals surface area contributed by atoms with Crippen molar-refractivity contribution in [1.29, 1.82) is 0 Å². The Bertz CT molecular complexity index is 434. The van der Waals surface area contributed by atoms with Crippen molar-refractivity contribution in [2.75, 3.05) is 14.2 Å². The van der Waals surface area contributed by atoms with Crippen molar-refractivity contribution in [2.45, 2.75) is 45.1 Å². The number of methoxy groups -OCH3 is 2. The van der Waals surface area contributed by atoms with Gasteiger partial charge in [0.15, 0.2) is 0 Å². The molecule has 1 fully saturated rings. The average Bonchev–Trinajstić information content (AvgIpc) is 2.36. The molecule has 19 heavy (non-hydrogen) atoms. The Kier molecular flexibility index (Phi) is 3.77. The number of nitrogens with two attached hydrogens (primary N) is 1. The summed E-state index contributed by atoms with van der Waals surface area (Å²) in [6.45, 7) is 4.59. The van der Waals surface area contributed by atoms with E-state index in [0.29, 0.717) is 5.41 Å². The summed E-state index contributed by atoms with van der Waals surface area (Å²) in [5.41, 5.74) is 7.83. The van der Waals surface area contributed by atoms with Crippen molar-refractivity contribution in [3.8, 4) is 11.5 Å². The molecule has 0 saturated heterocycles. The highest BCUT2D eigenvalue weighted by Gasteiger charge is 2.38. The third kappa shape index (κ3) is 3.03. The first-order chi connectivity index (χ1) is 8.88. The minimum atomic E-state index is -0.274. The van der Waals surface area contributed by atoms with Crippen LogP contribution in [0.15, 0.2) is 18.2 Å². The van der Waals surface area contributed by atoms with Gasteiger partial charge in [0.05, 0.1) is 14.2 Å². The van der Waals surface area contributed by atoms with E-state index in [-0.39, 0.29) is 5.54 Å². The molecular formula is C16H25NO2. The Morgan fingerprint density at radius 1 is 1.00 bits per heavy atom. The molecule has 1 unspecified atom stereocenters. The number of benzene rings is 1. The Balaban J connectivity index is 2.39. The standard InChI is InChI=1S/C16H25NO2/c1-15(2)6-5-7-16(17,11-15)12-8-13(18-3)10-14(9-12)19-4/h8-10H,5-7,11,17H2,1-4H3. The monoisotopic (exact) mass is 263 g/mol. The van der Waals surface area contributed by atoms with Crippen LogP contribution in [0.5, 0.6) is 11.5 Å². The van der Waals surface area contributed by atoms with E-state index in [4.69, 9.17) is 15.2 Å². The summed E-state index contributed by atoms with van der Waals surface area (Å²) >= 11 is 0. The molecule has 3 nitrogen and oxygen atoms in total. The summed E-state index contributed by atoms with van der Waals surface area (Å²) in [6, 6.07) is 5.98. The fourth-order valence-corrected chi connectivity index (χ4v) is 3.25. The minimum Gasteiger partial charge on any atom is -0.497 e. The normalized spacial score (nSPS) is 25.9. The van der Waals surface area contributed by atoms with E-state index < -0.39 is 0 Å². The van der Waals surface area contributed by atoms with E-state index >= 15 is 0 Å². The van der Waals surface area contributed by atoms with Gasteiger partial charge in [-0.1, -0.05) is 20.3 Å². The highest BCUT2D eigenvalue weighted by atomic mass is 16.5. The van der Waals surface area contributed by atoms with Gasteiger partial charge in [-0.25, -0.2) is 0 Å². The van der Waals surface area contributed by atoms with Crippen LogP contribution in [0, 0.1) is 5.41 Å². The maximum absolute atomic E-state index is 6.69. The molecule has 0 bridgehead atoms. The molecule has 1 atom stereocenters. The van der Waals surface area contributed by atoms with Crippen LogP contribution in [-0.4, -0.2) is 14.2 Å². The van der Waals surface area contributed by atoms with Crippen LogP contribution >= 0.6 is 0 Å². The maximum Gasteiger partial charge on any atom is 0.122 e. The average molecular weight is 263 g/mol. The van der Waals surface area contributed by atoms with Gasteiger partial charge in [0, 0.05) is 11.6 Å². The predicted molar refractivity (Wildman–Crippen MR) is 77.7 cm³/mol. The fourth-order valence-electron chi connectivity index (χ4n) is 3.25. The Morgan fingerprint density at radius 2 is 1.58 bits per heavy atom. The van der Waals surface area contributed by atoms with Crippen molar-refractivity contribution < 1.29 is 9.47 Å². The lowest BCUT2D eigenvalue weighted by Crippen LogP contribution is -2.44. The third-order valence-electron chi connectivity index (χ3n) is 4.20. The molecule has 0 amide bonds. The van der Waals surface area contributed by atoms with Gasteiger partial charge in [-0.3, -0.25) is 0 Å². The molecule has 1 aromatic carbocycles. The molecule has 1 aliphatic rings. The van der Waals surface area contributed by atoms with Crippen molar-refractivity contribution >= 4 is 0 Å². The molecule has 0 aromatic heterocycles. The zero-order valence-electron chi connectivity index (χ0n) is 12.5. The topological polar surface area (TPSA) is 44.5 Å². The van der Waals surface area contributed by atoms with Crippen molar-refractivity contribution in [3.63, 3.8) is 0 Å². The summed E-state index contributed by atoms with van der Waals surface area (Å²) in [5.74, 6) is 1.62. The Hall–Kier alpha value is -1.22. The van der Waals surface area contributed by atoms with Gasteiger partial charge in [0.25, 0.3) is 0 Å². The Morgan fingerprint density at radius 3 is 2.05 bits per heavy atom. The van der Waals surface area contributed by atoms with E-state index in [1.807, 2.05) is 18.2 Å². The second-order valence-corrected chi connectivity index (χ2v) is 6.45. The molecule has 0 aliphatic heterocycles. The first kappa shape index (κ1) is 14.2. The molecule has 1 aromatic rings. The second-order valence-electron chi connectivity index (χ2n) is 6.45. The first-order valence-electron chi connectivity index (χ1n) is 6.91. The summed E-state index contributed by atoms with van der Waals surface area (Å²) in [6.07, 6.45) is 4.43. The number of ether oxygens (including phenoxy) is 2. The lowest BCUT2D eigenvalue weighted by atomic mass is 9.66. The molecule has 2 rings (SSSR count). The fraction of sp³-hybridized carbons (Fsp3) is 0.625. The van der Waals surface area contributed by atoms with Gasteiger partial charge < -0.3 is 15.2 Å². The van der Waals surface area contributed by atoms with Crippen molar-refractivity contribution in [1.82, 2.24) is 0 Å². The highest BCUT2D eigenvalue weighted by Crippen LogP contribution is 2.45. The lowest BCUT2D eigenvalue weighted by Gasteiger charge is -2.43. The van der Waals surface area contributed by atoms with E-state index in [0.717, 1.165) is 29.9 Å². The largest absolute Gasteiger partial charge is 0.497 e. The van der Waals surface area contributed by atoms with Gasteiger partial charge in [-0.05, 0) is 42.4 Å². The molecule has 0 radical (unpaired) electrons. The molecule has 1 saturated carbocycles. The summed E-state index contributed by atoms with van der Waals surface area (Å²) in [4.78, 5) is 0. The zero-order chi connectivity index (χ0) is 14.1. The lowest BCUT2D eigenvalue weighted by molar-refractivity contribution is 0.150. The quantitative estimate of drug-likeness (QED) is 0.908. The predicted octanol–water partition coefficient (Wildman–Crippen LogP) is 3.46. The van der Waals surface area contributed by atoms with Crippen molar-refractivity contribution in [3.05, 3.63) is 23.8 Å². The van der Waals surface area contributed by atoms with E-state index in [9.17, 15) is 0 Å². The van der Waals surface area contributed by atoms with Gasteiger partial charge in [-0.2, -0.15) is 0 Å². The van der Waals surface area contributed by atoms with E-state index in [1.165, 1.54) is 12.8 Å². The second kappa shape index (κ2) is 5.04. The first-order valence-corrected chi connectivity index (χ1v) is 6.91. The van der Waals surface area contributed by atoms with Gasteiger partial charge in [-0.15, -0.1) is 0 Å². The SMILES string of the molecule is COc1cc(OC)cc(C2(N)CCCC(C)(C)C2)c1. The molecule has 0 spiro atoms. The summed E-state index contributed by atoms with van der Waals surface area (Å²) in [5, 5.41) is 0. The molecule has 2 N–H and O–H groups in total. The number of hydrogen-bond acceptors (Lipinski definition) is 3. The van der Waals surface area contributed by atoms with Crippen LogP contribution in [0.25, 0.3) is 0 Å². The minimum absolute atomic E-state index is 0.274. The van der Waals surface area contributed by atoms with Gasteiger partial charge in [0.1, 0.15) is 11.5 Å². The molecular weight excluding hydrogens is 238 g/mol. The smallest absolute Gasteiger partial charge is 0.122 e. The summed E-state index contributed by atoms with van der Waals surface area (Å²) < 4.78 is 10.7. The van der Waals surface area contributed by atoms with Crippen LogP contribution in [0.4, 0.5) is 0 Å². The van der Waals surface area contributed by atoms with Crippen LogP contribution in [0.1, 0.15) is 45.1 Å². The highest BCUT2D eigenvalue weighted by molar-refractivity contribution is 5.42. The van der Waals surface area contributed by atoms with Crippen molar-refractivity contribution in [2.24, 2.45) is 11.1 Å².